The molecule has 2 saturated heterocycles. The van der Waals surface area contributed by atoms with Gasteiger partial charge in [0, 0.05) is 25.4 Å². The zero-order chi connectivity index (χ0) is 10.8. The van der Waals surface area contributed by atoms with Crippen LogP contribution in [0.15, 0.2) is 0 Å². The number of hydrogen-bond donors (Lipinski definition) is 1. The molecule has 2 heterocycles. The van der Waals surface area contributed by atoms with Crippen LogP contribution in [0.25, 0.3) is 0 Å². The zero-order valence-electron chi connectivity index (χ0n) is 9.16. The number of imide groups is 1. The van der Waals surface area contributed by atoms with Crippen LogP contribution in [-0.2, 0) is 9.59 Å². The molecule has 1 unspecified atom stereocenters. The van der Waals surface area contributed by atoms with E-state index in [-0.39, 0.29) is 17.7 Å². The number of carbonyl (C=O) groups is 2. The molecule has 2 aliphatic rings. The molecule has 4 nitrogen and oxygen atoms in total. The van der Waals surface area contributed by atoms with Crippen molar-refractivity contribution in [2.24, 2.45) is 5.92 Å². The molecule has 0 aliphatic carbocycles. The van der Waals surface area contributed by atoms with Crippen LogP contribution < -0.4 is 5.32 Å². The number of piperidine rings is 1. The van der Waals surface area contributed by atoms with Gasteiger partial charge >= 0.3 is 0 Å². The minimum absolute atomic E-state index is 0.00690. The second-order valence-corrected chi connectivity index (χ2v) is 4.70. The molecule has 1 atom stereocenters. The van der Waals surface area contributed by atoms with Crippen LogP contribution in [0.2, 0.25) is 0 Å². The van der Waals surface area contributed by atoms with Crippen molar-refractivity contribution in [3.05, 3.63) is 0 Å². The number of likely N-dealkylation sites (tertiary alicyclic amines) is 1. The first kappa shape index (κ1) is 10.6. The van der Waals surface area contributed by atoms with Gasteiger partial charge in [0.2, 0.25) is 11.8 Å². The Hall–Kier alpha value is -0.900. The van der Waals surface area contributed by atoms with E-state index in [4.69, 9.17) is 0 Å². The Morgan fingerprint density at radius 3 is 2.53 bits per heavy atom. The van der Waals surface area contributed by atoms with Crippen molar-refractivity contribution < 1.29 is 9.59 Å². The Labute approximate surface area is 90.0 Å². The summed E-state index contributed by atoms with van der Waals surface area (Å²) >= 11 is 0. The maximum Gasteiger partial charge on any atom is 0.229 e. The van der Waals surface area contributed by atoms with Gasteiger partial charge in [-0.05, 0) is 25.3 Å². The van der Waals surface area contributed by atoms with Gasteiger partial charge in [0.25, 0.3) is 0 Å². The molecule has 0 spiro atoms. The summed E-state index contributed by atoms with van der Waals surface area (Å²) in [5.74, 6) is 0.234. The summed E-state index contributed by atoms with van der Waals surface area (Å²) in [5, 5.41) is 3.31. The average molecular weight is 210 g/mol. The second kappa shape index (κ2) is 4.31. The fourth-order valence-electron chi connectivity index (χ4n) is 2.36. The standard InChI is InChI=1S/C11H18N2O2/c1-8-5-10(14)13(11(15)6-8)7-9-3-2-4-12-9/h8-9,12H,2-7H2,1H3. The van der Waals surface area contributed by atoms with Crippen LogP contribution in [0, 0.1) is 5.92 Å². The Morgan fingerprint density at radius 1 is 1.33 bits per heavy atom. The summed E-state index contributed by atoms with van der Waals surface area (Å²) in [6, 6.07) is 0.325. The fourth-order valence-corrected chi connectivity index (χ4v) is 2.36. The van der Waals surface area contributed by atoms with E-state index in [0.717, 1.165) is 19.4 Å². The van der Waals surface area contributed by atoms with E-state index in [2.05, 4.69) is 5.32 Å². The third-order valence-corrected chi connectivity index (χ3v) is 3.21. The molecule has 4 heteroatoms. The topological polar surface area (TPSA) is 49.4 Å². The number of nitrogens with one attached hydrogen (secondary N) is 1. The van der Waals surface area contributed by atoms with Crippen molar-refractivity contribution >= 4 is 11.8 Å². The molecule has 0 bridgehead atoms. The van der Waals surface area contributed by atoms with E-state index in [1.165, 1.54) is 4.90 Å². The van der Waals surface area contributed by atoms with Crippen LogP contribution in [0.4, 0.5) is 0 Å². The van der Waals surface area contributed by atoms with Crippen LogP contribution in [-0.4, -0.2) is 35.8 Å². The number of nitrogens with zero attached hydrogens (tertiary/aromatic N) is 1. The number of hydrogen-bond acceptors (Lipinski definition) is 3. The molecule has 2 rings (SSSR count). The predicted molar refractivity (Wildman–Crippen MR) is 56.1 cm³/mol. The zero-order valence-corrected chi connectivity index (χ0v) is 9.16. The molecule has 0 aromatic carbocycles. The van der Waals surface area contributed by atoms with Crippen molar-refractivity contribution in [2.75, 3.05) is 13.1 Å². The molecule has 84 valence electrons. The van der Waals surface area contributed by atoms with E-state index in [1.54, 1.807) is 0 Å². The molecule has 0 aromatic heterocycles. The summed E-state index contributed by atoms with van der Waals surface area (Å²) in [4.78, 5) is 24.8. The molecule has 1 N–H and O–H groups in total. The minimum atomic E-state index is 0.00690. The summed E-state index contributed by atoms with van der Waals surface area (Å²) in [7, 11) is 0. The number of rotatable bonds is 2. The lowest BCUT2D eigenvalue weighted by Gasteiger charge is -2.30. The van der Waals surface area contributed by atoms with Gasteiger partial charge in [-0.25, -0.2) is 0 Å². The lowest BCUT2D eigenvalue weighted by atomic mass is 9.97. The first-order chi connectivity index (χ1) is 7.16. The lowest BCUT2D eigenvalue weighted by molar-refractivity contribution is -0.150. The number of amides is 2. The molecule has 2 fully saturated rings. The second-order valence-electron chi connectivity index (χ2n) is 4.70. The summed E-state index contributed by atoms with van der Waals surface area (Å²) in [5.41, 5.74) is 0. The largest absolute Gasteiger partial charge is 0.312 e. The van der Waals surface area contributed by atoms with Crippen LogP contribution in [0.1, 0.15) is 32.6 Å². The van der Waals surface area contributed by atoms with Gasteiger partial charge in [-0.2, -0.15) is 0 Å². The normalized spacial score (nSPS) is 28.9. The summed E-state index contributed by atoms with van der Waals surface area (Å²) in [6.45, 7) is 3.54. The van der Waals surface area contributed by atoms with Crippen LogP contribution >= 0.6 is 0 Å². The molecular weight excluding hydrogens is 192 g/mol. The first-order valence-electron chi connectivity index (χ1n) is 5.73. The van der Waals surface area contributed by atoms with Crippen molar-refractivity contribution in [2.45, 2.75) is 38.6 Å². The van der Waals surface area contributed by atoms with Crippen molar-refractivity contribution in [1.29, 1.82) is 0 Å². The van der Waals surface area contributed by atoms with Gasteiger partial charge in [0.05, 0.1) is 0 Å². The van der Waals surface area contributed by atoms with Crippen molar-refractivity contribution in [3.63, 3.8) is 0 Å². The van der Waals surface area contributed by atoms with E-state index in [0.29, 0.717) is 25.4 Å². The Kier molecular flexibility index (Phi) is 3.05. The van der Waals surface area contributed by atoms with Gasteiger partial charge in [-0.3, -0.25) is 14.5 Å². The van der Waals surface area contributed by atoms with Gasteiger partial charge in [-0.15, -0.1) is 0 Å². The Bertz CT molecular complexity index is 254. The van der Waals surface area contributed by atoms with Gasteiger partial charge in [-0.1, -0.05) is 6.92 Å². The van der Waals surface area contributed by atoms with Gasteiger partial charge in [0.1, 0.15) is 0 Å². The minimum Gasteiger partial charge on any atom is -0.312 e. The Morgan fingerprint density at radius 2 is 2.00 bits per heavy atom. The van der Waals surface area contributed by atoms with E-state index in [1.807, 2.05) is 6.92 Å². The average Bonchev–Trinajstić information content (AvgIpc) is 2.63. The SMILES string of the molecule is CC1CC(=O)N(CC2CCCN2)C(=O)C1. The smallest absolute Gasteiger partial charge is 0.229 e. The molecular formula is C11H18N2O2. The molecule has 0 radical (unpaired) electrons. The predicted octanol–water partition coefficient (Wildman–Crippen LogP) is 0.524. The highest BCUT2D eigenvalue weighted by atomic mass is 16.2. The third-order valence-electron chi connectivity index (χ3n) is 3.21. The highest BCUT2D eigenvalue weighted by molar-refractivity contribution is 5.97. The van der Waals surface area contributed by atoms with E-state index < -0.39 is 0 Å². The summed E-state index contributed by atoms with van der Waals surface area (Å²) < 4.78 is 0. The van der Waals surface area contributed by atoms with Crippen molar-refractivity contribution in [3.8, 4) is 0 Å². The third kappa shape index (κ3) is 2.37. The van der Waals surface area contributed by atoms with E-state index in [9.17, 15) is 9.59 Å². The van der Waals surface area contributed by atoms with Gasteiger partial charge < -0.3 is 5.32 Å². The highest BCUT2D eigenvalue weighted by Gasteiger charge is 2.32. The Balaban J connectivity index is 1.94. The lowest BCUT2D eigenvalue weighted by Crippen LogP contribution is -2.48. The maximum absolute atomic E-state index is 11.7. The highest BCUT2D eigenvalue weighted by Crippen LogP contribution is 2.20. The van der Waals surface area contributed by atoms with Crippen molar-refractivity contribution in [1.82, 2.24) is 10.2 Å². The fraction of sp³-hybridized carbons (Fsp3) is 0.818. The quantitative estimate of drug-likeness (QED) is 0.676. The maximum atomic E-state index is 11.7. The molecule has 2 aliphatic heterocycles. The van der Waals surface area contributed by atoms with Crippen LogP contribution in [0.3, 0.4) is 0 Å². The van der Waals surface area contributed by atoms with E-state index >= 15 is 0 Å². The molecule has 0 saturated carbocycles. The van der Waals surface area contributed by atoms with Crippen LogP contribution in [0.5, 0.6) is 0 Å². The first-order valence-corrected chi connectivity index (χ1v) is 5.73. The summed E-state index contributed by atoms with van der Waals surface area (Å²) in [6.07, 6.45) is 3.28. The van der Waals surface area contributed by atoms with Gasteiger partial charge in [0.15, 0.2) is 0 Å². The number of carbonyl (C=O) groups excluding carboxylic acids is 2. The monoisotopic (exact) mass is 210 g/mol. The molecule has 0 aromatic rings. The molecule has 2 amide bonds. The molecule has 15 heavy (non-hydrogen) atoms.